The predicted octanol–water partition coefficient (Wildman–Crippen LogP) is 2.88. The summed E-state index contributed by atoms with van der Waals surface area (Å²) in [4.78, 5) is 2.60. The summed E-state index contributed by atoms with van der Waals surface area (Å²) in [6.07, 6.45) is 6.66. The van der Waals surface area contributed by atoms with Crippen LogP contribution in [0.25, 0.3) is 10.9 Å². The molecule has 0 saturated carbocycles. The second kappa shape index (κ2) is 6.27. The molecule has 108 valence electrons. The zero-order valence-electron chi connectivity index (χ0n) is 12.1. The summed E-state index contributed by atoms with van der Waals surface area (Å²) in [6.45, 7) is 4.66. The Morgan fingerprint density at radius 2 is 1.75 bits per heavy atom. The second-order valence-corrected chi connectivity index (χ2v) is 5.73. The van der Waals surface area contributed by atoms with Gasteiger partial charge in [0.15, 0.2) is 5.82 Å². The molecule has 0 unspecified atom stereocenters. The molecular weight excluding hydrogens is 248 g/mol. The van der Waals surface area contributed by atoms with Crippen LogP contribution in [0.2, 0.25) is 0 Å². The molecule has 1 aliphatic rings. The van der Waals surface area contributed by atoms with Crippen LogP contribution in [0.1, 0.15) is 32.1 Å². The normalized spacial score (nSPS) is 17.4. The predicted molar refractivity (Wildman–Crippen MR) is 83.7 cm³/mol. The van der Waals surface area contributed by atoms with Gasteiger partial charge in [0.2, 0.25) is 0 Å². The SMILES string of the molecule is Nc1nn(CCCN2CCCCCC2)c2ccccc12. The van der Waals surface area contributed by atoms with E-state index >= 15 is 0 Å². The van der Waals surface area contributed by atoms with Crippen LogP contribution in [-0.2, 0) is 6.54 Å². The van der Waals surface area contributed by atoms with Gasteiger partial charge in [-0.1, -0.05) is 25.0 Å². The minimum atomic E-state index is 0.648. The van der Waals surface area contributed by atoms with Crippen LogP contribution in [0.3, 0.4) is 0 Å². The number of benzene rings is 1. The van der Waals surface area contributed by atoms with Crippen molar-refractivity contribution < 1.29 is 0 Å². The van der Waals surface area contributed by atoms with Gasteiger partial charge >= 0.3 is 0 Å². The molecule has 2 N–H and O–H groups in total. The Balaban J connectivity index is 1.59. The molecule has 0 spiro atoms. The number of nitrogens with two attached hydrogens (primary N) is 1. The number of hydrogen-bond acceptors (Lipinski definition) is 3. The second-order valence-electron chi connectivity index (χ2n) is 5.73. The van der Waals surface area contributed by atoms with Crippen molar-refractivity contribution in [2.24, 2.45) is 0 Å². The summed E-state index contributed by atoms with van der Waals surface area (Å²) >= 11 is 0. The Morgan fingerprint density at radius 1 is 1.00 bits per heavy atom. The van der Waals surface area contributed by atoms with Gasteiger partial charge in [0, 0.05) is 11.9 Å². The summed E-state index contributed by atoms with van der Waals surface area (Å²) in [6, 6.07) is 8.21. The number of likely N-dealkylation sites (tertiary alicyclic amines) is 1. The molecule has 2 heterocycles. The highest BCUT2D eigenvalue weighted by Crippen LogP contribution is 2.20. The Labute approximate surface area is 120 Å². The van der Waals surface area contributed by atoms with Gasteiger partial charge in [0.1, 0.15) is 0 Å². The minimum absolute atomic E-state index is 0.648. The van der Waals surface area contributed by atoms with Gasteiger partial charge in [-0.2, -0.15) is 5.10 Å². The van der Waals surface area contributed by atoms with Crippen molar-refractivity contribution in [3.8, 4) is 0 Å². The average molecular weight is 272 g/mol. The third kappa shape index (κ3) is 2.96. The molecule has 4 heteroatoms. The fourth-order valence-electron chi connectivity index (χ4n) is 3.13. The van der Waals surface area contributed by atoms with Gasteiger partial charge in [-0.3, -0.25) is 4.68 Å². The van der Waals surface area contributed by atoms with Crippen LogP contribution >= 0.6 is 0 Å². The molecule has 1 aliphatic heterocycles. The van der Waals surface area contributed by atoms with Crippen LogP contribution < -0.4 is 5.73 Å². The topological polar surface area (TPSA) is 47.1 Å². The van der Waals surface area contributed by atoms with Gasteiger partial charge in [-0.05, 0) is 51.0 Å². The highest BCUT2D eigenvalue weighted by molar-refractivity contribution is 5.88. The van der Waals surface area contributed by atoms with Crippen molar-refractivity contribution in [1.29, 1.82) is 0 Å². The van der Waals surface area contributed by atoms with Crippen molar-refractivity contribution in [3.63, 3.8) is 0 Å². The Morgan fingerprint density at radius 3 is 2.55 bits per heavy atom. The first-order chi connectivity index (χ1) is 9.84. The molecule has 0 aliphatic carbocycles. The molecule has 1 aromatic carbocycles. The minimum Gasteiger partial charge on any atom is -0.382 e. The molecule has 0 radical (unpaired) electrons. The van der Waals surface area contributed by atoms with Gasteiger partial charge < -0.3 is 10.6 Å². The Bertz CT molecular complexity index is 553. The van der Waals surface area contributed by atoms with Gasteiger partial charge in [0.05, 0.1) is 5.52 Å². The standard InChI is InChI=1S/C16H24N4/c17-16-14-8-3-4-9-15(14)20(18-16)13-7-12-19-10-5-1-2-6-11-19/h3-4,8-9H,1-2,5-7,10-13H2,(H2,17,18). The van der Waals surface area contributed by atoms with Crippen LogP contribution in [0.15, 0.2) is 24.3 Å². The molecule has 3 rings (SSSR count). The van der Waals surface area contributed by atoms with E-state index in [-0.39, 0.29) is 0 Å². The van der Waals surface area contributed by atoms with E-state index in [0.29, 0.717) is 5.82 Å². The van der Waals surface area contributed by atoms with E-state index in [1.165, 1.54) is 45.3 Å². The summed E-state index contributed by atoms with van der Waals surface area (Å²) in [5, 5.41) is 5.54. The molecule has 0 atom stereocenters. The molecule has 1 fully saturated rings. The molecular formula is C16H24N4. The number of para-hydroxylation sites is 1. The maximum atomic E-state index is 5.97. The highest BCUT2D eigenvalue weighted by atomic mass is 15.3. The third-order valence-electron chi connectivity index (χ3n) is 4.23. The number of hydrogen-bond donors (Lipinski definition) is 1. The van der Waals surface area contributed by atoms with E-state index in [2.05, 4.69) is 26.8 Å². The van der Waals surface area contributed by atoms with E-state index < -0.39 is 0 Å². The Hall–Kier alpha value is -1.55. The van der Waals surface area contributed by atoms with Gasteiger partial charge in [-0.25, -0.2) is 0 Å². The number of nitrogen functional groups attached to an aromatic ring is 1. The number of aryl methyl sites for hydroxylation is 1. The summed E-state index contributed by atoms with van der Waals surface area (Å²) in [5.41, 5.74) is 7.12. The first-order valence-corrected chi connectivity index (χ1v) is 7.78. The summed E-state index contributed by atoms with van der Waals surface area (Å²) in [7, 11) is 0. The van der Waals surface area contributed by atoms with Gasteiger partial charge in [0.25, 0.3) is 0 Å². The number of rotatable bonds is 4. The molecule has 1 aromatic heterocycles. The lowest BCUT2D eigenvalue weighted by atomic mass is 10.2. The van der Waals surface area contributed by atoms with E-state index in [4.69, 9.17) is 5.73 Å². The lowest BCUT2D eigenvalue weighted by Crippen LogP contribution is -2.26. The zero-order valence-corrected chi connectivity index (χ0v) is 12.1. The van der Waals surface area contributed by atoms with E-state index in [1.807, 2.05) is 12.1 Å². The van der Waals surface area contributed by atoms with Gasteiger partial charge in [-0.15, -0.1) is 0 Å². The molecule has 20 heavy (non-hydrogen) atoms. The number of fused-ring (bicyclic) bond motifs is 1. The average Bonchev–Trinajstić information content (AvgIpc) is 2.66. The highest BCUT2D eigenvalue weighted by Gasteiger charge is 2.10. The van der Waals surface area contributed by atoms with Crippen molar-refractivity contribution in [2.75, 3.05) is 25.4 Å². The van der Waals surface area contributed by atoms with Crippen molar-refractivity contribution in [3.05, 3.63) is 24.3 Å². The van der Waals surface area contributed by atoms with Crippen LogP contribution in [0, 0.1) is 0 Å². The maximum absolute atomic E-state index is 5.97. The summed E-state index contributed by atoms with van der Waals surface area (Å²) in [5.74, 6) is 0.648. The van der Waals surface area contributed by atoms with Crippen LogP contribution in [-0.4, -0.2) is 34.3 Å². The first-order valence-electron chi connectivity index (χ1n) is 7.78. The molecule has 1 saturated heterocycles. The van der Waals surface area contributed by atoms with Crippen LogP contribution in [0.5, 0.6) is 0 Å². The summed E-state index contributed by atoms with van der Waals surface area (Å²) < 4.78 is 2.06. The van der Waals surface area contributed by atoms with E-state index in [9.17, 15) is 0 Å². The van der Waals surface area contributed by atoms with Crippen molar-refractivity contribution >= 4 is 16.7 Å². The maximum Gasteiger partial charge on any atom is 0.153 e. The van der Waals surface area contributed by atoms with Crippen molar-refractivity contribution in [2.45, 2.75) is 38.6 Å². The smallest absolute Gasteiger partial charge is 0.153 e. The number of anilines is 1. The lowest BCUT2D eigenvalue weighted by Gasteiger charge is -2.19. The number of aromatic nitrogens is 2. The fraction of sp³-hybridized carbons (Fsp3) is 0.562. The fourth-order valence-corrected chi connectivity index (χ4v) is 3.13. The third-order valence-corrected chi connectivity index (χ3v) is 4.23. The lowest BCUT2D eigenvalue weighted by molar-refractivity contribution is 0.274. The molecule has 0 amide bonds. The Kier molecular flexibility index (Phi) is 4.21. The zero-order chi connectivity index (χ0) is 13.8. The molecule has 0 bridgehead atoms. The van der Waals surface area contributed by atoms with E-state index in [0.717, 1.165) is 23.9 Å². The monoisotopic (exact) mass is 272 g/mol. The van der Waals surface area contributed by atoms with Crippen molar-refractivity contribution in [1.82, 2.24) is 14.7 Å². The molecule has 2 aromatic rings. The quantitative estimate of drug-likeness (QED) is 0.931. The largest absolute Gasteiger partial charge is 0.382 e. The number of nitrogens with zero attached hydrogens (tertiary/aromatic N) is 3. The molecule has 4 nitrogen and oxygen atoms in total. The van der Waals surface area contributed by atoms with E-state index in [1.54, 1.807) is 0 Å². The first kappa shape index (κ1) is 13.4. The van der Waals surface area contributed by atoms with Crippen LogP contribution in [0.4, 0.5) is 5.82 Å².